The lowest BCUT2D eigenvalue weighted by atomic mass is 10.1. The molecule has 0 saturated carbocycles. The average Bonchev–Trinajstić information content (AvgIpc) is 2.73. The van der Waals surface area contributed by atoms with Crippen LogP contribution in [0.2, 0.25) is 15.1 Å². The van der Waals surface area contributed by atoms with Gasteiger partial charge in [0, 0.05) is 10.8 Å². The highest BCUT2D eigenvalue weighted by molar-refractivity contribution is 9.10. The third-order valence-electron chi connectivity index (χ3n) is 2.59. The third kappa shape index (κ3) is 1.59. The average molecular weight is 350 g/mol. The van der Waals surface area contributed by atoms with Crippen LogP contribution in [0.25, 0.3) is 21.9 Å². The largest absolute Gasteiger partial charge is 0.455 e. The summed E-state index contributed by atoms with van der Waals surface area (Å²) in [5.41, 5.74) is 1.37. The first kappa shape index (κ1) is 11.7. The summed E-state index contributed by atoms with van der Waals surface area (Å²) < 4.78 is 6.35. The lowest BCUT2D eigenvalue weighted by molar-refractivity contribution is 0.667. The van der Waals surface area contributed by atoms with Crippen LogP contribution >= 0.6 is 50.7 Å². The van der Waals surface area contributed by atoms with Gasteiger partial charge in [0.2, 0.25) is 0 Å². The van der Waals surface area contributed by atoms with E-state index in [9.17, 15) is 0 Å². The van der Waals surface area contributed by atoms with Gasteiger partial charge in [-0.2, -0.15) is 0 Å². The SMILES string of the molecule is Clc1c(Cl)c(Cl)c2c(oc3ccccc32)c1Br. The van der Waals surface area contributed by atoms with Crippen LogP contribution in [0.15, 0.2) is 33.2 Å². The predicted octanol–water partition coefficient (Wildman–Crippen LogP) is 6.31. The number of para-hydroxylation sites is 1. The molecule has 0 unspecified atom stereocenters. The van der Waals surface area contributed by atoms with Gasteiger partial charge in [-0.15, -0.1) is 0 Å². The van der Waals surface area contributed by atoms with E-state index in [1.807, 2.05) is 24.3 Å². The number of rotatable bonds is 0. The highest BCUT2D eigenvalue weighted by Crippen LogP contribution is 2.46. The summed E-state index contributed by atoms with van der Waals surface area (Å²) in [7, 11) is 0. The number of benzene rings is 2. The van der Waals surface area contributed by atoms with Crippen LogP contribution in [-0.2, 0) is 0 Å². The summed E-state index contributed by atoms with van der Waals surface area (Å²) in [5.74, 6) is 0. The molecule has 0 atom stereocenters. The Balaban J connectivity index is 2.67. The normalized spacial score (nSPS) is 11.5. The van der Waals surface area contributed by atoms with Crippen molar-refractivity contribution in [1.82, 2.24) is 0 Å². The van der Waals surface area contributed by atoms with Crippen molar-refractivity contribution < 1.29 is 4.42 Å². The van der Waals surface area contributed by atoms with Crippen LogP contribution in [-0.4, -0.2) is 0 Å². The fourth-order valence-electron chi connectivity index (χ4n) is 1.82. The topological polar surface area (TPSA) is 13.1 Å². The van der Waals surface area contributed by atoms with Crippen molar-refractivity contribution in [3.8, 4) is 0 Å². The van der Waals surface area contributed by atoms with Crippen molar-refractivity contribution in [3.63, 3.8) is 0 Å². The molecule has 0 fully saturated rings. The molecule has 5 heteroatoms. The van der Waals surface area contributed by atoms with E-state index in [4.69, 9.17) is 39.2 Å². The predicted molar refractivity (Wildman–Crippen MR) is 76.5 cm³/mol. The van der Waals surface area contributed by atoms with Gasteiger partial charge in [-0.25, -0.2) is 0 Å². The summed E-state index contributed by atoms with van der Waals surface area (Å²) in [6.45, 7) is 0. The van der Waals surface area contributed by atoms with Crippen LogP contribution in [0.1, 0.15) is 0 Å². The fraction of sp³-hybridized carbons (Fsp3) is 0. The van der Waals surface area contributed by atoms with E-state index < -0.39 is 0 Å². The van der Waals surface area contributed by atoms with E-state index in [0.717, 1.165) is 16.4 Å². The number of furan rings is 1. The first-order valence-electron chi connectivity index (χ1n) is 4.74. The monoisotopic (exact) mass is 348 g/mol. The lowest BCUT2D eigenvalue weighted by Gasteiger charge is -2.03. The van der Waals surface area contributed by atoms with Gasteiger partial charge in [0.15, 0.2) is 5.58 Å². The maximum absolute atomic E-state index is 6.23. The maximum atomic E-state index is 6.23. The third-order valence-corrected chi connectivity index (χ3v) is 4.90. The van der Waals surface area contributed by atoms with Crippen molar-refractivity contribution in [2.24, 2.45) is 0 Å². The molecule has 0 N–H and O–H groups in total. The Morgan fingerprint density at radius 3 is 2.41 bits per heavy atom. The van der Waals surface area contributed by atoms with E-state index in [-0.39, 0.29) is 0 Å². The van der Waals surface area contributed by atoms with E-state index >= 15 is 0 Å². The van der Waals surface area contributed by atoms with Crippen molar-refractivity contribution in [2.75, 3.05) is 0 Å². The standard InChI is InChI=1S/C12H4BrCl3O/c13-8-10(15)11(16)9(14)7-5-3-1-2-4-6(5)17-12(7)8/h1-4H. The molecule has 0 radical (unpaired) electrons. The molecule has 17 heavy (non-hydrogen) atoms. The second-order valence-corrected chi connectivity index (χ2v) is 5.49. The second kappa shape index (κ2) is 4.06. The van der Waals surface area contributed by atoms with E-state index in [1.165, 1.54) is 0 Å². The Hall–Kier alpha value is -0.410. The van der Waals surface area contributed by atoms with Crippen LogP contribution in [0.4, 0.5) is 0 Å². The molecule has 3 rings (SSSR count). The molecule has 2 aromatic carbocycles. The summed E-state index contributed by atoms with van der Waals surface area (Å²) in [6.07, 6.45) is 0. The van der Waals surface area contributed by atoms with Crippen LogP contribution < -0.4 is 0 Å². The quantitative estimate of drug-likeness (QED) is 0.342. The van der Waals surface area contributed by atoms with Crippen LogP contribution in [0.3, 0.4) is 0 Å². The molecular weight excluding hydrogens is 346 g/mol. The van der Waals surface area contributed by atoms with Gasteiger partial charge in [0.05, 0.1) is 19.5 Å². The zero-order valence-electron chi connectivity index (χ0n) is 8.23. The fourth-order valence-corrected chi connectivity index (χ4v) is 3.11. The molecule has 1 aromatic heterocycles. The minimum Gasteiger partial charge on any atom is -0.455 e. The summed E-state index contributed by atoms with van der Waals surface area (Å²) in [6, 6.07) is 7.63. The molecule has 0 aliphatic rings. The second-order valence-electron chi connectivity index (χ2n) is 3.56. The number of fused-ring (bicyclic) bond motifs is 3. The van der Waals surface area contributed by atoms with Crippen molar-refractivity contribution in [1.29, 1.82) is 0 Å². The zero-order valence-corrected chi connectivity index (χ0v) is 12.1. The number of halogens is 4. The molecule has 0 saturated heterocycles. The number of hydrogen-bond donors (Lipinski definition) is 0. The molecule has 0 aliphatic heterocycles. The minimum absolute atomic E-state index is 0.333. The molecular formula is C12H4BrCl3O. The zero-order chi connectivity index (χ0) is 12.2. The first-order chi connectivity index (χ1) is 8.11. The smallest absolute Gasteiger partial charge is 0.152 e. The maximum Gasteiger partial charge on any atom is 0.152 e. The molecule has 1 nitrogen and oxygen atoms in total. The van der Waals surface area contributed by atoms with Crippen LogP contribution in [0.5, 0.6) is 0 Å². The Labute approximate surface area is 120 Å². The Morgan fingerprint density at radius 2 is 1.65 bits per heavy atom. The summed E-state index contributed by atoms with van der Waals surface area (Å²) in [4.78, 5) is 0. The highest BCUT2D eigenvalue weighted by atomic mass is 79.9. The molecule has 0 aliphatic carbocycles. The van der Waals surface area contributed by atoms with Crippen LogP contribution in [0, 0.1) is 0 Å². The van der Waals surface area contributed by atoms with Crippen molar-refractivity contribution in [3.05, 3.63) is 43.8 Å². The minimum atomic E-state index is 0.333. The first-order valence-corrected chi connectivity index (χ1v) is 6.67. The Bertz CT molecular complexity index is 748. The van der Waals surface area contributed by atoms with Gasteiger partial charge in [-0.3, -0.25) is 0 Å². The van der Waals surface area contributed by atoms with E-state index in [2.05, 4.69) is 15.9 Å². The van der Waals surface area contributed by atoms with E-state index in [1.54, 1.807) is 0 Å². The van der Waals surface area contributed by atoms with Gasteiger partial charge in [-0.05, 0) is 22.0 Å². The van der Waals surface area contributed by atoms with Gasteiger partial charge >= 0.3 is 0 Å². The molecule has 86 valence electrons. The Kier molecular flexibility index (Phi) is 2.79. The van der Waals surface area contributed by atoms with E-state index in [0.29, 0.717) is 25.1 Å². The Morgan fingerprint density at radius 1 is 0.941 bits per heavy atom. The molecule has 0 bridgehead atoms. The molecule has 1 heterocycles. The van der Waals surface area contributed by atoms with Crippen molar-refractivity contribution >= 4 is 72.7 Å². The van der Waals surface area contributed by atoms with Crippen molar-refractivity contribution in [2.45, 2.75) is 0 Å². The van der Waals surface area contributed by atoms with Gasteiger partial charge in [0.1, 0.15) is 5.58 Å². The van der Waals surface area contributed by atoms with Gasteiger partial charge in [-0.1, -0.05) is 53.0 Å². The highest BCUT2D eigenvalue weighted by Gasteiger charge is 2.19. The van der Waals surface area contributed by atoms with Gasteiger partial charge in [0.25, 0.3) is 0 Å². The lowest BCUT2D eigenvalue weighted by Crippen LogP contribution is -1.77. The summed E-state index contributed by atoms with van der Waals surface area (Å²) in [5, 5.41) is 2.82. The molecule has 0 spiro atoms. The van der Waals surface area contributed by atoms with Gasteiger partial charge < -0.3 is 4.42 Å². The summed E-state index contributed by atoms with van der Waals surface area (Å²) >= 11 is 21.8. The molecule has 3 aromatic rings. The molecule has 0 amide bonds. The number of hydrogen-bond acceptors (Lipinski definition) is 1.